The third kappa shape index (κ3) is 3.99. The molecule has 0 saturated carbocycles. The molecule has 0 bridgehead atoms. The summed E-state index contributed by atoms with van der Waals surface area (Å²) < 4.78 is 1.81. The number of amides is 1. The lowest BCUT2D eigenvalue weighted by atomic mass is 10.1. The Kier molecular flexibility index (Phi) is 5.53. The molecule has 1 fully saturated rings. The molecule has 4 rings (SSSR count). The molecule has 2 heterocycles. The van der Waals surface area contributed by atoms with E-state index in [9.17, 15) is 4.79 Å². The van der Waals surface area contributed by atoms with Gasteiger partial charge in [-0.05, 0) is 56.6 Å². The van der Waals surface area contributed by atoms with Crippen molar-refractivity contribution in [1.29, 1.82) is 0 Å². The van der Waals surface area contributed by atoms with Crippen LogP contribution in [0, 0.1) is 6.92 Å². The van der Waals surface area contributed by atoms with Gasteiger partial charge in [-0.25, -0.2) is 4.68 Å². The van der Waals surface area contributed by atoms with Crippen LogP contribution in [0.25, 0.3) is 5.69 Å². The van der Waals surface area contributed by atoms with E-state index in [4.69, 9.17) is 0 Å². The molecular weight excluding hydrogens is 348 g/mol. The fourth-order valence-corrected chi connectivity index (χ4v) is 3.88. The third-order valence-corrected chi connectivity index (χ3v) is 5.34. The standard InChI is InChI=1S/C23H26N4O/c1-18-16-21(25-27(18)20-12-6-3-7-13-20)23(28)24-17-22(26-14-8-9-15-26)19-10-4-2-5-11-19/h2-7,10-13,16,22H,8-9,14-15,17H2,1H3,(H,24,28). The second-order valence-electron chi connectivity index (χ2n) is 7.30. The fourth-order valence-electron chi connectivity index (χ4n) is 3.88. The van der Waals surface area contributed by atoms with Crippen LogP contribution in [0.3, 0.4) is 0 Å². The molecule has 1 amide bonds. The molecule has 2 aromatic carbocycles. The van der Waals surface area contributed by atoms with Crippen LogP contribution >= 0.6 is 0 Å². The molecule has 1 atom stereocenters. The lowest BCUT2D eigenvalue weighted by Gasteiger charge is -2.28. The number of benzene rings is 2. The van der Waals surface area contributed by atoms with Crippen molar-refractivity contribution in [1.82, 2.24) is 20.0 Å². The van der Waals surface area contributed by atoms with E-state index in [1.165, 1.54) is 18.4 Å². The van der Waals surface area contributed by atoms with Crippen molar-refractivity contribution in [3.8, 4) is 5.69 Å². The molecule has 1 saturated heterocycles. The zero-order valence-corrected chi connectivity index (χ0v) is 16.2. The summed E-state index contributed by atoms with van der Waals surface area (Å²) in [5.74, 6) is -0.127. The average molecular weight is 374 g/mol. The van der Waals surface area contributed by atoms with E-state index in [-0.39, 0.29) is 11.9 Å². The van der Waals surface area contributed by atoms with Gasteiger partial charge in [-0.3, -0.25) is 9.69 Å². The Morgan fingerprint density at radius 2 is 1.68 bits per heavy atom. The van der Waals surface area contributed by atoms with Gasteiger partial charge in [-0.2, -0.15) is 5.10 Å². The Labute approximate surface area is 166 Å². The Morgan fingerprint density at radius 1 is 1.04 bits per heavy atom. The van der Waals surface area contributed by atoms with Crippen molar-refractivity contribution in [2.24, 2.45) is 0 Å². The summed E-state index contributed by atoms with van der Waals surface area (Å²) in [6.45, 7) is 4.71. The first-order valence-electron chi connectivity index (χ1n) is 9.91. The van der Waals surface area contributed by atoms with Gasteiger partial charge in [0.1, 0.15) is 0 Å². The lowest BCUT2D eigenvalue weighted by molar-refractivity contribution is 0.0932. The molecule has 0 radical (unpaired) electrons. The molecule has 1 aliphatic rings. The number of aromatic nitrogens is 2. The Balaban J connectivity index is 1.48. The lowest BCUT2D eigenvalue weighted by Crippen LogP contribution is -2.37. The predicted octanol–water partition coefficient (Wildman–Crippen LogP) is 3.75. The highest BCUT2D eigenvalue weighted by molar-refractivity contribution is 5.92. The number of hydrogen-bond donors (Lipinski definition) is 1. The van der Waals surface area contributed by atoms with Crippen LogP contribution in [-0.4, -0.2) is 40.2 Å². The average Bonchev–Trinajstić information content (AvgIpc) is 3.40. The minimum atomic E-state index is -0.127. The second-order valence-corrected chi connectivity index (χ2v) is 7.30. The summed E-state index contributed by atoms with van der Waals surface area (Å²) in [7, 11) is 0. The quantitative estimate of drug-likeness (QED) is 0.715. The molecule has 1 aromatic heterocycles. The van der Waals surface area contributed by atoms with E-state index in [0.29, 0.717) is 12.2 Å². The van der Waals surface area contributed by atoms with E-state index in [2.05, 4.69) is 39.6 Å². The zero-order chi connectivity index (χ0) is 19.3. The number of para-hydroxylation sites is 1. The third-order valence-electron chi connectivity index (χ3n) is 5.34. The van der Waals surface area contributed by atoms with E-state index in [1.807, 2.05) is 54.1 Å². The number of rotatable bonds is 6. The largest absolute Gasteiger partial charge is 0.349 e. The number of likely N-dealkylation sites (tertiary alicyclic amines) is 1. The minimum Gasteiger partial charge on any atom is -0.349 e. The van der Waals surface area contributed by atoms with Gasteiger partial charge in [0.2, 0.25) is 0 Å². The number of hydrogen-bond acceptors (Lipinski definition) is 3. The summed E-state index contributed by atoms with van der Waals surface area (Å²) in [6, 6.07) is 22.4. The summed E-state index contributed by atoms with van der Waals surface area (Å²) in [5.41, 5.74) is 3.60. The van der Waals surface area contributed by atoms with Gasteiger partial charge in [-0.1, -0.05) is 48.5 Å². The van der Waals surface area contributed by atoms with Crippen LogP contribution in [0.15, 0.2) is 66.7 Å². The maximum Gasteiger partial charge on any atom is 0.271 e. The molecule has 5 heteroatoms. The normalized spacial score (nSPS) is 15.5. The molecule has 5 nitrogen and oxygen atoms in total. The first-order valence-corrected chi connectivity index (χ1v) is 9.91. The summed E-state index contributed by atoms with van der Waals surface area (Å²) in [4.78, 5) is 15.2. The van der Waals surface area contributed by atoms with Crippen LogP contribution in [0.2, 0.25) is 0 Å². The van der Waals surface area contributed by atoms with Gasteiger partial charge in [0, 0.05) is 12.2 Å². The number of carbonyl (C=O) groups is 1. The van der Waals surface area contributed by atoms with Gasteiger partial charge >= 0.3 is 0 Å². The number of carbonyl (C=O) groups excluding carboxylic acids is 1. The van der Waals surface area contributed by atoms with Crippen LogP contribution < -0.4 is 5.32 Å². The van der Waals surface area contributed by atoms with E-state index in [0.717, 1.165) is 24.5 Å². The SMILES string of the molecule is Cc1cc(C(=O)NCC(c2ccccc2)N2CCCC2)nn1-c1ccccc1. The zero-order valence-electron chi connectivity index (χ0n) is 16.2. The second kappa shape index (κ2) is 8.40. The van der Waals surface area contributed by atoms with Gasteiger partial charge in [0.15, 0.2) is 5.69 Å². The van der Waals surface area contributed by atoms with Gasteiger partial charge in [0.05, 0.1) is 11.7 Å². The molecule has 28 heavy (non-hydrogen) atoms. The Hall–Kier alpha value is -2.92. The number of aryl methyl sites for hydroxylation is 1. The van der Waals surface area contributed by atoms with Crippen LogP contribution in [0.5, 0.6) is 0 Å². The maximum atomic E-state index is 12.8. The van der Waals surface area contributed by atoms with Crippen LogP contribution in [0.1, 0.15) is 40.6 Å². The van der Waals surface area contributed by atoms with E-state index >= 15 is 0 Å². The van der Waals surface area contributed by atoms with Crippen molar-refractivity contribution in [3.05, 3.63) is 83.7 Å². The topological polar surface area (TPSA) is 50.2 Å². The van der Waals surface area contributed by atoms with Crippen molar-refractivity contribution in [3.63, 3.8) is 0 Å². The van der Waals surface area contributed by atoms with Crippen molar-refractivity contribution < 1.29 is 4.79 Å². The van der Waals surface area contributed by atoms with Gasteiger partial charge in [-0.15, -0.1) is 0 Å². The molecule has 1 N–H and O–H groups in total. The monoisotopic (exact) mass is 374 g/mol. The number of nitrogens with one attached hydrogen (secondary N) is 1. The molecule has 1 unspecified atom stereocenters. The minimum absolute atomic E-state index is 0.127. The van der Waals surface area contributed by atoms with Crippen molar-refractivity contribution >= 4 is 5.91 Å². The van der Waals surface area contributed by atoms with E-state index < -0.39 is 0 Å². The Morgan fingerprint density at radius 3 is 2.36 bits per heavy atom. The van der Waals surface area contributed by atoms with Gasteiger partial charge < -0.3 is 5.32 Å². The molecule has 1 aliphatic heterocycles. The number of nitrogens with zero attached hydrogens (tertiary/aromatic N) is 3. The summed E-state index contributed by atoms with van der Waals surface area (Å²) in [6.07, 6.45) is 2.44. The smallest absolute Gasteiger partial charge is 0.271 e. The summed E-state index contributed by atoms with van der Waals surface area (Å²) in [5, 5.41) is 7.63. The van der Waals surface area contributed by atoms with Crippen molar-refractivity contribution in [2.75, 3.05) is 19.6 Å². The predicted molar refractivity (Wildman–Crippen MR) is 111 cm³/mol. The fraction of sp³-hybridized carbons (Fsp3) is 0.304. The van der Waals surface area contributed by atoms with E-state index in [1.54, 1.807) is 0 Å². The summed E-state index contributed by atoms with van der Waals surface area (Å²) >= 11 is 0. The highest BCUT2D eigenvalue weighted by Gasteiger charge is 2.24. The van der Waals surface area contributed by atoms with Crippen LogP contribution in [0.4, 0.5) is 0 Å². The molecule has 0 spiro atoms. The molecule has 0 aliphatic carbocycles. The highest BCUT2D eigenvalue weighted by Crippen LogP contribution is 2.24. The van der Waals surface area contributed by atoms with Gasteiger partial charge in [0.25, 0.3) is 5.91 Å². The first-order chi connectivity index (χ1) is 13.7. The highest BCUT2D eigenvalue weighted by atomic mass is 16.1. The van der Waals surface area contributed by atoms with Crippen molar-refractivity contribution in [2.45, 2.75) is 25.8 Å². The molecular formula is C23H26N4O. The molecule has 144 valence electrons. The van der Waals surface area contributed by atoms with Crippen LogP contribution in [-0.2, 0) is 0 Å². The molecule has 3 aromatic rings. The Bertz CT molecular complexity index is 914. The maximum absolute atomic E-state index is 12.8. The first kappa shape index (κ1) is 18.4.